The van der Waals surface area contributed by atoms with Gasteiger partial charge in [0.1, 0.15) is 18.2 Å². The lowest BCUT2D eigenvalue weighted by molar-refractivity contribution is -0.116. The monoisotopic (exact) mass is 404 g/mol. The highest BCUT2D eigenvalue weighted by atomic mass is 19.1. The fraction of sp³-hybridized carbons (Fsp3) is 0.240. The van der Waals surface area contributed by atoms with Gasteiger partial charge in [-0.2, -0.15) is 0 Å². The second-order valence-corrected chi connectivity index (χ2v) is 7.81. The second kappa shape index (κ2) is 8.57. The van der Waals surface area contributed by atoms with Gasteiger partial charge in [-0.15, -0.1) is 0 Å². The smallest absolute Gasteiger partial charge is 0.226 e. The summed E-state index contributed by atoms with van der Waals surface area (Å²) in [5.74, 6) is 0.491. The van der Waals surface area contributed by atoms with Gasteiger partial charge < -0.3 is 15.0 Å². The summed E-state index contributed by atoms with van der Waals surface area (Å²) in [7, 11) is 0. The number of aryl methyl sites for hydroxylation is 2. The summed E-state index contributed by atoms with van der Waals surface area (Å²) in [4.78, 5) is 14.9. The zero-order valence-corrected chi connectivity index (χ0v) is 17.2. The Morgan fingerprint density at radius 2 is 1.73 bits per heavy atom. The van der Waals surface area contributed by atoms with Gasteiger partial charge in [0.05, 0.1) is 18.2 Å². The van der Waals surface area contributed by atoms with E-state index in [9.17, 15) is 9.18 Å². The number of carbonyl (C=O) groups excluding carboxylic acids is 1. The molecule has 1 N–H and O–H groups in total. The first-order valence-corrected chi connectivity index (χ1v) is 10.1. The molecule has 0 spiro atoms. The molecule has 5 heteroatoms. The summed E-state index contributed by atoms with van der Waals surface area (Å²) in [6, 6.07) is 20.2. The summed E-state index contributed by atoms with van der Waals surface area (Å²) in [5, 5.41) is 2.97. The third-order valence-corrected chi connectivity index (χ3v) is 5.32. The van der Waals surface area contributed by atoms with Gasteiger partial charge in [-0.3, -0.25) is 4.79 Å². The zero-order valence-electron chi connectivity index (χ0n) is 17.2. The molecule has 1 unspecified atom stereocenters. The van der Waals surface area contributed by atoms with E-state index in [0.717, 1.165) is 33.8 Å². The van der Waals surface area contributed by atoms with Gasteiger partial charge in [0, 0.05) is 12.2 Å². The van der Waals surface area contributed by atoms with E-state index in [-0.39, 0.29) is 17.8 Å². The highest BCUT2D eigenvalue weighted by Gasteiger charge is 2.29. The van der Waals surface area contributed by atoms with Crippen molar-refractivity contribution in [1.29, 1.82) is 0 Å². The molecule has 3 aromatic carbocycles. The van der Waals surface area contributed by atoms with Crippen molar-refractivity contribution >= 4 is 17.3 Å². The first-order valence-electron chi connectivity index (χ1n) is 10.1. The molecule has 0 saturated carbocycles. The van der Waals surface area contributed by atoms with Crippen molar-refractivity contribution in [2.24, 2.45) is 0 Å². The van der Waals surface area contributed by atoms with Crippen molar-refractivity contribution in [2.45, 2.75) is 32.9 Å². The fourth-order valence-electron chi connectivity index (χ4n) is 3.68. The van der Waals surface area contributed by atoms with E-state index in [1.165, 1.54) is 12.1 Å². The summed E-state index contributed by atoms with van der Waals surface area (Å²) >= 11 is 0. The van der Waals surface area contributed by atoms with Crippen molar-refractivity contribution in [3.8, 4) is 5.75 Å². The average Bonchev–Trinajstić information content (AvgIpc) is 2.73. The molecule has 0 aliphatic carbocycles. The predicted octanol–water partition coefficient (Wildman–Crippen LogP) is 5.24. The average molecular weight is 404 g/mol. The van der Waals surface area contributed by atoms with Crippen LogP contribution < -0.4 is 15.0 Å². The lowest BCUT2D eigenvalue weighted by Crippen LogP contribution is -2.44. The number of fused-ring (bicyclic) bond motifs is 1. The number of anilines is 2. The van der Waals surface area contributed by atoms with Gasteiger partial charge in [0.15, 0.2) is 0 Å². The fourth-order valence-corrected chi connectivity index (χ4v) is 3.68. The number of halogens is 1. The minimum Gasteiger partial charge on any atom is -0.489 e. The van der Waals surface area contributed by atoms with Crippen molar-refractivity contribution in [1.82, 2.24) is 0 Å². The van der Waals surface area contributed by atoms with Crippen molar-refractivity contribution in [2.75, 3.05) is 16.8 Å². The van der Waals surface area contributed by atoms with Crippen LogP contribution in [0.5, 0.6) is 5.75 Å². The van der Waals surface area contributed by atoms with Crippen LogP contribution in [0.15, 0.2) is 66.7 Å². The number of hydrogen-bond acceptors (Lipinski definition) is 3. The third-order valence-electron chi connectivity index (χ3n) is 5.32. The Bertz CT molecular complexity index is 1030. The van der Waals surface area contributed by atoms with Crippen LogP contribution in [0, 0.1) is 19.7 Å². The van der Waals surface area contributed by atoms with Gasteiger partial charge >= 0.3 is 0 Å². The Morgan fingerprint density at radius 3 is 2.47 bits per heavy atom. The third kappa shape index (κ3) is 4.62. The molecule has 0 saturated heterocycles. The lowest BCUT2D eigenvalue weighted by Gasteiger charge is -2.38. The Morgan fingerprint density at radius 1 is 1.03 bits per heavy atom. The maximum Gasteiger partial charge on any atom is 0.226 e. The highest BCUT2D eigenvalue weighted by molar-refractivity contribution is 5.91. The van der Waals surface area contributed by atoms with Crippen LogP contribution in [-0.4, -0.2) is 18.6 Å². The second-order valence-electron chi connectivity index (χ2n) is 7.81. The SMILES string of the molecule is Cc1ccc(NC(=O)CC2COc3cc(C)ccc3N2Cc2ccc(F)cc2)cc1. The topological polar surface area (TPSA) is 41.6 Å². The van der Waals surface area contributed by atoms with E-state index in [4.69, 9.17) is 4.74 Å². The first kappa shape index (κ1) is 20.0. The van der Waals surface area contributed by atoms with E-state index in [1.807, 2.05) is 56.3 Å². The summed E-state index contributed by atoms with van der Waals surface area (Å²) in [6.07, 6.45) is 0.294. The molecule has 1 aliphatic rings. The summed E-state index contributed by atoms with van der Waals surface area (Å²) < 4.78 is 19.3. The number of hydrogen-bond donors (Lipinski definition) is 1. The molecule has 0 radical (unpaired) electrons. The predicted molar refractivity (Wildman–Crippen MR) is 117 cm³/mol. The van der Waals surface area contributed by atoms with Crippen LogP contribution in [0.2, 0.25) is 0 Å². The first-order chi connectivity index (χ1) is 14.5. The molecule has 1 atom stereocenters. The Balaban J connectivity index is 1.55. The number of nitrogens with one attached hydrogen (secondary N) is 1. The Kier molecular flexibility index (Phi) is 5.70. The van der Waals surface area contributed by atoms with Gasteiger partial charge in [0.25, 0.3) is 0 Å². The van der Waals surface area contributed by atoms with Crippen LogP contribution >= 0.6 is 0 Å². The maximum absolute atomic E-state index is 13.3. The molecular weight excluding hydrogens is 379 g/mol. The molecule has 30 heavy (non-hydrogen) atoms. The van der Waals surface area contributed by atoms with Crippen LogP contribution in [0.3, 0.4) is 0 Å². The van der Waals surface area contributed by atoms with Crippen LogP contribution in [0.4, 0.5) is 15.8 Å². The summed E-state index contributed by atoms with van der Waals surface area (Å²) in [5.41, 5.74) is 4.97. The molecule has 3 aromatic rings. The van der Waals surface area contributed by atoms with Gasteiger partial charge in [-0.1, -0.05) is 35.9 Å². The quantitative estimate of drug-likeness (QED) is 0.632. The van der Waals surface area contributed by atoms with E-state index in [1.54, 1.807) is 12.1 Å². The summed E-state index contributed by atoms with van der Waals surface area (Å²) in [6.45, 7) is 5.02. The molecule has 4 nitrogen and oxygen atoms in total. The minimum absolute atomic E-state index is 0.0629. The van der Waals surface area contributed by atoms with E-state index in [2.05, 4.69) is 10.2 Å². The molecule has 154 valence electrons. The number of amides is 1. The number of carbonyl (C=O) groups is 1. The largest absolute Gasteiger partial charge is 0.489 e. The van der Waals surface area contributed by atoms with Crippen molar-refractivity contribution in [3.63, 3.8) is 0 Å². The van der Waals surface area contributed by atoms with Crippen molar-refractivity contribution < 1.29 is 13.9 Å². The molecule has 4 rings (SSSR count). The molecule has 0 fully saturated rings. The van der Waals surface area contributed by atoms with Crippen molar-refractivity contribution in [3.05, 3.63) is 89.2 Å². The number of benzene rings is 3. The number of nitrogens with zero attached hydrogens (tertiary/aromatic N) is 1. The van der Waals surface area contributed by atoms with Crippen LogP contribution in [0.25, 0.3) is 0 Å². The molecule has 0 aromatic heterocycles. The van der Waals surface area contributed by atoms with E-state index in [0.29, 0.717) is 19.6 Å². The van der Waals surface area contributed by atoms with Gasteiger partial charge in [-0.25, -0.2) is 4.39 Å². The van der Waals surface area contributed by atoms with E-state index < -0.39 is 0 Å². The lowest BCUT2D eigenvalue weighted by atomic mass is 10.0. The Hall–Kier alpha value is -3.34. The highest BCUT2D eigenvalue weighted by Crippen LogP contribution is 2.36. The molecule has 0 bridgehead atoms. The maximum atomic E-state index is 13.3. The standard InChI is InChI=1S/C25H25FN2O2/c1-17-3-10-21(11-4-17)27-25(29)14-22-16-30-24-13-18(2)5-12-23(24)28(22)15-19-6-8-20(26)9-7-19/h3-13,22H,14-16H2,1-2H3,(H,27,29). The van der Waals surface area contributed by atoms with Crippen LogP contribution in [0.1, 0.15) is 23.1 Å². The Labute approximate surface area is 176 Å². The normalized spacial score (nSPS) is 15.3. The molecular formula is C25H25FN2O2. The molecule has 1 heterocycles. The molecule has 1 aliphatic heterocycles. The van der Waals surface area contributed by atoms with E-state index >= 15 is 0 Å². The minimum atomic E-state index is -0.259. The van der Waals surface area contributed by atoms with Crippen LogP contribution in [-0.2, 0) is 11.3 Å². The zero-order chi connectivity index (χ0) is 21.1. The number of ether oxygens (including phenoxy) is 1. The molecule has 1 amide bonds. The number of rotatable bonds is 5. The van der Waals surface area contributed by atoms with Gasteiger partial charge in [0.2, 0.25) is 5.91 Å². The van der Waals surface area contributed by atoms with Gasteiger partial charge in [-0.05, 0) is 61.4 Å².